The maximum absolute atomic E-state index is 13.8. The number of halogens is 2. The molecule has 4 rings (SSSR count). The monoisotopic (exact) mass is 522 g/mol. The number of aryl methyl sites for hydroxylation is 1. The Labute approximate surface area is 219 Å². The molecule has 200 valence electrons. The number of amides is 1. The summed E-state index contributed by atoms with van der Waals surface area (Å²) in [5, 5.41) is 27.4. The molecule has 0 aliphatic rings. The highest BCUT2D eigenvalue weighted by atomic mass is 19.1. The van der Waals surface area contributed by atoms with Gasteiger partial charge in [-0.15, -0.1) is 0 Å². The van der Waals surface area contributed by atoms with E-state index in [0.29, 0.717) is 17.6 Å². The smallest absolute Gasteiger partial charge is 0.223 e. The van der Waals surface area contributed by atoms with Crippen LogP contribution >= 0.6 is 0 Å². The molecule has 3 aromatic carbocycles. The summed E-state index contributed by atoms with van der Waals surface area (Å²) in [6.45, 7) is 2.71. The number of H-pyrrole nitrogens is 1. The molecular weight excluding hydrogens is 490 g/mol. The average Bonchev–Trinajstić information content (AvgIpc) is 3.32. The first-order chi connectivity index (χ1) is 18.3. The van der Waals surface area contributed by atoms with Crippen LogP contribution in [-0.4, -0.2) is 44.8 Å². The van der Waals surface area contributed by atoms with Crippen LogP contribution in [-0.2, 0) is 24.2 Å². The molecule has 1 heterocycles. The van der Waals surface area contributed by atoms with E-state index in [1.165, 1.54) is 17.7 Å². The van der Waals surface area contributed by atoms with E-state index in [4.69, 9.17) is 0 Å². The number of imidazole rings is 1. The number of rotatable bonds is 12. The SMILES string of the molecule is CCc1cccc(CNC[C@@H](O)[C@H](Cc2cc(F)cc(F)c2)NC(=O)CC(O)c2nc3ccccc3[nH]2)c1. The van der Waals surface area contributed by atoms with Crippen LogP contribution < -0.4 is 10.6 Å². The molecule has 0 spiro atoms. The maximum atomic E-state index is 13.8. The summed E-state index contributed by atoms with van der Waals surface area (Å²) in [5.41, 5.74) is 3.95. The summed E-state index contributed by atoms with van der Waals surface area (Å²) in [4.78, 5) is 20.2. The van der Waals surface area contributed by atoms with Crippen molar-refractivity contribution >= 4 is 16.9 Å². The summed E-state index contributed by atoms with van der Waals surface area (Å²) in [7, 11) is 0. The van der Waals surface area contributed by atoms with Gasteiger partial charge in [0.25, 0.3) is 0 Å². The number of nitrogens with one attached hydrogen (secondary N) is 3. The van der Waals surface area contributed by atoms with Crippen molar-refractivity contribution in [3.63, 3.8) is 0 Å². The van der Waals surface area contributed by atoms with Crippen LogP contribution in [0.1, 0.15) is 42.0 Å². The molecule has 3 atom stereocenters. The van der Waals surface area contributed by atoms with Gasteiger partial charge in [0.15, 0.2) is 0 Å². The number of fused-ring (bicyclic) bond motifs is 1. The fourth-order valence-electron chi connectivity index (χ4n) is 4.40. The van der Waals surface area contributed by atoms with E-state index in [0.717, 1.165) is 23.6 Å². The van der Waals surface area contributed by atoms with Crippen molar-refractivity contribution in [3.05, 3.63) is 101 Å². The van der Waals surface area contributed by atoms with Gasteiger partial charge in [-0.05, 0) is 53.8 Å². The number of carbonyl (C=O) groups is 1. The predicted octanol–water partition coefficient (Wildman–Crippen LogP) is 3.71. The molecule has 0 fully saturated rings. The molecule has 1 amide bonds. The highest BCUT2D eigenvalue weighted by molar-refractivity contribution is 5.78. The Morgan fingerprint density at radius 1 is 0.974 bits per heavy atom. The molecule has 7 nitrogen and oxygen atoms in total. The third-order valence-corrected chi connectivity index (χ3v) is 6.37. The third-order valence-electron chi connectivity index (χ3n) is 6.37. The van der Waals surface area contributed by atoms with Gasteiger partial charge in [0.2, 0.25) is 5.91 Å². The molecule has 0 aliphatic carbocycles. The number of aromatic nitrogens is 2. The first-order valence-corrected chi connectivity index (χ1v) is 12.6. The topological polar surface area (TPSA) is 110 Å². The number of benzene rings is 3. The Balaban J connectivity index is 1.41. The van der Waals surface area contributed by atoms with E-state index in [1.54, 1.807) is 6.07 Å². The van der Waals surface area contributed by atoms with Gasteiger partial charge in [-0.1, -0.05) is 43.3 Å². The summed E-state index contributed by atoms with van der Waals surface area (Å²) >= 11 is 0. The lowest BCUT2D eigenvalue weighted by atomic mass is 10.00. The van der Waals surface area contributed by atoms with E-state index in [1.807, 2.05) is 36.4 Å². The van der Waals surface area contributed by atoms with Crippen molar-refractivity contribution in [2.75, 3.05) is 6.54 Å². The summed E-state index contributed by atoms with van der Waals surface area (Å²) in [6.07, 6.45) is -1.67. The number of aliphatic hydroxyl groups excluding tert-OH is 2. The first kappa shape index (κ1) is 27.4. The molecule has 1 aromatic heterocycles. The molecule has 9 heteroatoms. The highest BCUT2D eigenvalue weighted by Crippen LogP contribution is 2.19. The average molecular weight is 523 g/mol. The van der Waals surface area contributed by atoms with Gasteiger partial charge in [0.1, 0.15) is 23.6 Å². The van der Waals surface area contributed by atoms with Crippen LogP contribution in [0.25, 0.3) is 11.0 Å². The number of hydrogen-bond acceptors (Lipinski definition) is 5. The minimum atomic E-state index is -1.20. The lowest BCUT2D eigenvalue weighted by Crippen LogP contribution is -2.49. The molecule has 0 saturated heterocycles. The van der Waals surface area contributed by atoms with Gasteiger partial charge >= 0.3 is 0 Å². The Hall–Kier alpha value is -3.66. The Morgan fingerprint density at radius 3 is 2.45 bits per heavy atom. The van der Waals surface area contributed by atoms with Crippen molar-refractivity contribution < 1.29 is 23.8 Å². The minimum absolute atomic E-state index is 0.00464. The van der Waals surface area contributed by atoms with Crippen molar-refractivity contribution in [1.29, 1.82) is 0 Å². The van der Waals surface area contributed by atoms with E-state index < -0.39 is 35.8 Å². The van der Waals surface area contributed by atoms with Crippen LogP contribution in [0, 0.1) is 11.6 Å². The summed E-state index contributed by atoms with van der Waals surface area (Å²) in [5.74, 6) is -1.77. The lowest BCUT2D eigenvalue weighted by molar-refractivity contribution is -0.124. The van der Waals surface area contributed by atoms with Crippen LogP contribution in [0.5, 0.6) is 0 Å². The molecule has 0 radical (unpaired) electrons. The molecule has 38 heavy (non-hydrogen) atoms. The fourth-order valence-corrected chi connectivity index (χ4v) is 4.40. The second-order valence-electron chi connectivity index (χ2n) is 9.39. The molecular formula is C29H32F2N4O3. The Morgan fingerprint density at radius 2 is 1.71 bits per heavy atom. The largest absolute Gasteiger partial charge is 0.390 e. The Bertz CT molecular complexity index is 1320. The first-order valence-electron chi connectivity index (χ1n) is 12.6. The highest BCUT2D eigenvalue weighted by Gasteiger charge is 2.25. The lowest BCUT2D eigenvalue weighted by Gasteiger charge is -2.25. The number of aliphatic hydroxyl groups is 2. The number of nitrogens with zero attached hydrogens (tertiary/aromatic N) is 1. The predicted molar refractivity (Wildman–Crippen MR) is 141 cm³/mol. The standard InChI is InChI=1S/C29H32F2N4O3/c1-2-18-6-5-7-19(10-18)16-32-17-27(37)25(13-20-11-21(30)14-22(31)12-20)33-28(38)15-26(36)29-34-23-8-3-4-9-24(23)35-29/h3-12,14,25-27,32,36-37H,2,13,15-17H2,1H3,(H,33,38)(H,34,35)/t25-,26?,27+/m0/s1. The fraction of sp³-hybridized carbons (Fsp3) is 0.310. The summed E-state index contributed by atoms with van der Waals surface area (Å²) < 4.78 is 27.6. The van der Waals surface area contributed by atoms with Gasteiger partial charge in [-0.3, -0.25) is 4.79 Å². The van der Waals surface area contributed by atoms with E-state index in [-0.39, 0.29) is 25.2 Å². The molecule has 0 aliphatic heterocycles. The number of carbonyl (C=O) groups excluding carboxylic acids is 1. The molecule has 0 bridgehead atoms. The third kappa shape index (κ3) is 7.44. The number of hydrogen-bond donors (Lipinski definition) is 5. The Kier molecular flexibility index (Phi) is 9.17. The van der Waals surface area contributed by atoms with Gasteiger partial charge in [0, 0.05) is 19.2 Å². The molecule has 4 aromatic rings. The zero-order valence-corrected chi connectivity index (χ0v) is 21.1. The molecule has 1 unspecified atom stereocenters. The molecule has 5 N–H and O–H groups in total. The van der Waals surface area contributed by atoms with Crippen molar-refractivity contribution in [3.8, 4) is 0 Å². The van der Waals surface area contributed by atoms with Gasteiger partial charge < -0.3 is 25.8 Å². The van der Waals surface area contributed by atoms with E-state index >= 15 is 0 Å². The van der Waals surface area contributed by atoms with E-state index in [9.17, 15) is 23.8 Å². The number of aromatic amines is 1. The normalized spacial score (nSPS) is 13.8. The zero-order chi connectivity index (χ0) is 27.1. The minimum Gasteiger partial charge on any atom is -0.390 e. The second-order valence-corrected chi connectivity index (χ2v) is 9.39. The van der Waals surface area contributed by atoms with Crippen LogP contribution in [0.4, 0.5) is 8.78 Å². The van der Waals surface area contributed by atoms with E-state index in [2.05, 4.69) is 33.6 Å². The van der Waals surface area contributed by atoms with Crippen molar-refractivity contribution in [2.24, 2.45) is 0 Å². The summed E-state index contributed by atoms with van der Waals surface area (Å²) in [6, 6.07) is 17.6. The van der Waals surface area contributed by atoms with Crippen molar-refractivity contribution in [1.82, 2.24) is 20.6 Å². The number of para-hydroxylation sites is 2. The van der Waals surface area contributed by atoms with Crippen LogP contribution in [0.3, 0.4) is 0 Å². The van der Waals surface area contributed by atoms with Crippen molar-refractivity contribution in [2.45, 2.75) is 51.0 Å². The molecule has 0 saturated carbocycles. The zero-order valence-electron chi connectivity index (χ0n) is 21.1. The quantitative estimate of drug-likeness (QED) is 0.195. The van der Waals surface area contributed by atoms with Gasteiger partial charge in [0.05, 0.1) is 29.6 Å². The second kappa shape index (κ2) is 12.7. The van der Waals surface area contributed by atoms with Gasteiger partial charge in [-0.25, -0.2) is 13.8 Å². The van der Waals surface area contributed by atoms with Gasteiger partial charge in [-0.2, -0.15) is 0 Å². The van der Waals surface area contributed by atoms with Crippen LogP contribution in [0.2, 0.25) is 0 Å². The maximum Gasteiger partial charge on any atom is 0.223 e. The van der Waals surface area contributed by atoms with Crippen LogP contribution in [0.15, 0.2) is 66.7 Å².